The summed E-state index contributed by atoms with van der Waals surface area (Å²) in [5.41, 5.74) is 2.16. The highest BCUT2D eigenvalue weighted by Gasteiger charge is 2.09. The van der Waals surface area contributed by atoms with E-state index in [9.17, 15) is 4.79 Å². The molecule has 1 aromatic carbocycles. The smallest absolute Gasteiger partial charge is 0.258 e. The molecule has 1 amide bonds. The Bertz CT molecular complexity index is 563. The van der Waals surface area contributed by atoms with Gasteiger partial charge < -0.3 is 5.32 Å². The van der Waals surface area contributed by atoms with E-state index in [1.54, 1.807) is 30.1 Å². The highest BCUT2D eigenvalue weighted by atomic mass is 35.5. The van der Waals surface area contributed by atoms with Crippen LogP contribution in [0.1, 0.15) is 15.9 Å². The van der Waals surface area contributed by atoms with Gasteiger partial charge in [0.15, 0.2) is 0 Å². The van der Waals surface area contributed by atoms with E-state index >= 15 is 0 Å². The van der Waals surface area contributed by atoms with Crippen LogP contribution in [0, 0.1) is 6.92 Å². The average molecular weight is 250 g/mol. The van der Waals surface area contributed by atoms with Crippen LogP contribution in [0.5, 0.6) is 0 Å². The van der Waals surface area contributed by atoms with Gasteiger partial charge in [0.25, 0.3) is 5.91 Å². The van der Waals surface area contributed by atoms with Gasteiger partial charge in [-0.15, -0.1) is 0 Å². The molecule has 0 aliphatic rings. The van der Waals surface area contributed by atoms with Crippen molar-refractivity contribution in [2.45, 2.75) is 6.92 Å². The number of aryl methyl sites for hydroxylation is 2. The number of anilines is 1. The van der Waals surface area contributed by atoms with Crippen molar-refractivity contribution in [2.75, 3.05) is 5.32 Å². The van der Waals surface area contributed by atoms with Crippen LogP contribution in [0.4, 0.5) is 5.69 Å². The maximum absolute atomic E-state index is 11.8. The highest BCUT2D eigenvalue weighted by molar-refractivity contribution is 6.34. The molecule has 17 heavy (non-hydrogen) atoms. The Balaban J connectivity index is 2.18. The zero-order chi connectivity index (χ0) is 12.4. The lowest BCUT2D eigenvalue weighted by Gasteiger charge is -2.06. The predicted octanol–water partition coefficient (Wildman–Crippen LogP) is 2.63. The molecule has 4 nitrogen and oxygen atoms in total. The SMILES string of the molecule is Cc1ccc(NC(=O)c2cnn(C)c2)c(Cl)c1. The molecular formula is C12H12ClN3O. The molecule has 0 spiro atoms. The number of hydrogen-bond acceptors (Lipinski definition) is 2. The fourth-order valence-electron chi connectivity index (χ4n) is 1.45. The lowest BCUT2D eigenvalue weighted by molar-refractivity contribution is 0.102. The van der Waals surface area contributed by atoms with Gasteiger partial charge in [-0.3, -0.25) is 9.48 Å². The summed E-state index contributed by atoms with van der Waals surface area (Å²) in [6.45, 7) is 1.94. The molecular weight excluding hydrogens is 238 g/mol. The van der Waals surface area contributed by atoms with Crippen molar-refractivity contribution in [1.29, 1.82) is 0 Å². The van der Waals surface area contributed by atoms with E-state index < -0.39 is 0 Å². The standard InChI is InChI=1S/C12H12ClN3O/c1-8-3-4-11(10(13)5-8)15-12(17)9-6-14-16(2)7-9/h3-7H,1-2H3,(H,15,17). The second-order valence-corrected chi connectivity index (χ2v) is 4.25. The lowest BCUT2D eigenvalue weighted by atomic mass is 10.2. The third-order valence-electron chi connectivity index (χ3n) is 2.34. The second-order valence-electron chi connectivity index (χ2n) is 3.84. The van der Waals surface area contributed by atoms with Crippen molar-refractivity contribution in [3.63, 3.8) is 0 Å². The number of carbonyl (C=O) groups excluding carboxylic acids is 1. The van der Waals surface area contributed by atoms with Crippen molar-refractivity contribution < 1.29 is 4.79 Å². The van der Waals surface area contributed by atoms with Gasteiger partial charge in [0.2, 0.25) is 0 Å². The fourth-order valence-corrected chi connectivity index (χ4v) is 1.74. The van der Waals surface area contributed by atoms with Crippen LogP contribution in [0.3, 0.4) is 0 Å². The van der Waals surface area contributed by atoms with Crippen LogP contribution in [0.25, 0.3) is 0 Å². The third kappa shape index (κ3) is 2.65. The number of hydrogen-bond donors (Lipinski definition) is 1. The molecule has 2 aromatic rings. The molecule has 0 unspecified atom stereocenters. The Kier molecular flexibility index (Phi) is 3.15. The van der Waals surface area contributed by atoms with E-state index in [-0.39, 0.29) is 5.91 Å². The molecule has 1 N–H and O–H groups in total. The number of rotatable bonds is 2. The average Bonchev–Trinajstić information content (AvgIpc) is 2.69. The van der Waals surface area contributed by atoms with E-state index in [4.69, 9.17) is 11.6 Å². The van der Waals surface area contributed by atoms with Gasteiger partial charge in [0.1, 0.15) is 0 Å². The van der Waals surface area contributed by atoms with Crippen LogP contribution in [0.15, 0.2) is 30.6 Å². The lowest BCUT2D eigenvalue weighted by Crippen LogP contribution is -2.11. The van der Waals surface area contributed by atoms with Gasteiger partial charge in [-0.05, 0) is 24.6 Å². The number of halogens is 1. The van der Waals surface area contributed by atoms with Crippen LogP contribution >= 0.6 is 11.6 Å². The summed E-state index contributed by atoms with van der Waals surface area (Å²) < 4.78 is 1.58. The molecule has 0 radical (unpaired) electrons. The molecule has 0 saturated carbocycles. The summed E-state index contributed by atoms with van der Waals surface area (Å²) in [6, 6.07) is 5.48. The molecule has 88 valence electrons. The molecule has 0 aliphatic carbocycles. The Morgan fingerprint density at radius 2 is 2.24 bits per heavy atom. The maximum Gasteiger partial charge on any atom is 0.258 e. The monoisotopic (exact) mass is 249 g/mol. The molecule has 2 rings (SSSR count). The Morgan fingerprint density at radius 3 is 2.82 bits per heavy atom. The molecule has 0 aliphatic heterocycles. The fraction of sp³-hybridized carbons (Fsp3) is 0.167. The number of benzene rings is 1. The summed E-state index contributed by atoms with van der Waals surface area (Å²) in [5.74, 6) is -0.219. The first-order valence-corrected chi connectivity index (χ1v) is 5.50. The molecule has 0 fully saturated rings. The van der Waals surface area contributed by atoms with Crippen molar-refractivity contribution in [2.24, 2.45) is 7.05 Å². The second kappa shape index (κ2) is 4.59. The van der Waals surface area contributed by atoms with E-state index in [0.29, 0.717) is 16.3 Å². The van der Waals surface area contributed by atoms with E-state index in [0.717, 1.165) is 5.56 Å². The van der Waals surface area contributed by atoms with Gasteiger partial charge >= 0.3 is 0 Å². The minimum Gasteiger partial charge on any atom is -0.321 e. The van der Waals surface area contributed by atoms with Crippen molar-refractivity contribution in [1.82, 2.24) is 9.78 Å². The number of nitrogens with one attached hydrogen (secondary N) is 1. The molecule has 0 atom stereocenters. The van der Waals surface area contributed by atoms with Crippen LogP contribution in [0.2, 0.25) is 5.02 Å². The Morgan fingerprint density at radius 1 is 1.47 bits per heavy atom. The molecule has 0 saturated heterocycles. The van der Waals surface area contributed by atoms with Crippen LogP contribution in [-0.4, -0.2) is 15.7 Å². The third-order valence-corrected chi connectivity index (χ3v) is 2.65. The van der Waals surface area contributed by atoms with Gasteiger partial charge in [-0.1, -0.05) is 17.7 Å². The van der Waals surface area contributed by atoms with E-state index in [2.05, 4.69) is 10.4 Å². The molecule has 1 heterocycles. The summed E-state index contributed by atoms with van der Waals surface area (Å²) >= 11 is 6.03. The van der Waals surface area contributed by atoms with Gasteiger partial charge in [-0.2, -0.15) is 5.10 Å². The van der Waals surface area contributed by atoms with Crippen molar-refractivity contribution in [3.8, 4) is 0 Å². The van der Waals surface area contributed by atoms with Gasteiger partial charge in [0, 0.05) is 13.2 Å². The van der Waals surface area contributed by atoms with Crippen molar-refractivity contribution in [3.05, 3.63) is 46.7 Å². The first-order chi connectivity index (χ1) is 8.06. The number of amides is 1. The first-order valence-electron chi connectivity index (χ1n) is 5.12. The van der Waals surface area contributed by atoms with Gasteiger partial charge in [0.05, 0.1) is 22.5 Å². The predicted molar refractivity (Wildman–Crippen MR) is 67.4 cm³/mol. The molecule has 0 bridgehead atoms. The summed E-state index contributed by atoms with van der Waals surface area (Å²) in [6.07, 6.45) is 3.16. The highest BCUT2D eigenvalue weighted by Crippen LogP contribution is 2.23. The van der Waals surface area contributed by atoms with E-state index in [1.807, 2.05) is 13.0 Å². The quantitative estimate of drug-likeness (QED) is 0.889. The Hall–Kier alpha value is -1.81. The van der Waals surface area contributed by atoms with Gasteiger partial charge in [-0.25, -0.2) is 0 Å². The summed E-state index contributed by atoms with van der Waals surface area (Å²) in [7, 11) is 1.76. The van der Waals surface area contributed by atoms with Crippen LogP contribution < -0.4 is 5.32 Å². The maximum atomic E-state index is 11.8. The normalized spacial score (nSPS) is 10.3. The number of nitrogens with zero attached hydrogens (tertiary/aromatic N) is 2. The van der Waals surface area contributed by atoms with Crippen LogP contribution in [-0.2, 0) is 7.05 Å². The molecule has 5 heteroatoms. The largest absolute Gasteiger partial charge is 0.321 e. The van der Waals surface area contributed by atoms with E-state index in [1.165, 1.54) is 6.20 Å². The topological polar surface area (TPSA) is 46.9 Å². The zero-order valence-electron chi connectivity index (χ0n) is 9.57. The van der Waals surface area contributed by atoms with Crippen molar-refractivity contribution >= 4 is 23.2 Å². The molecule has 1 aromatic heterocycles. The summed E-state index contributed by atoms with van der Waals surface area (Å²) in [5, 5.41) is 7.21. The zero-order valence-corrected chi connectivity index (χ0v) is 10.3. The number of aromatic nitrogens is 2. The first kappa shape index (κ1) is 11.7. The minimum atomic E-state index is -0.219. The minimum absolute atomic E-state index is 0.219. The Labute approximate surface area is 104 Å². The summed E-state index contributed by atoms with van der Waals surface area (Å²) in [4.78, 5) is 11.8. The number of carbonyl (C=O) groups is 1.